The van der Waals surface area contributed by atoms with Crippen LogP contribution in [0.1, 0.15) is 12.6 Å². The summed E-state index contributed by atoms with van der Waals surface area (Å²) in [5.74, 6) is 2.31. The van der Waals surface area contributed by atoms with E-state index in [1.165, 1.54) is 0 Å². The van der Waals surface area contributed by atoms with Gasteiger partial charge in [0, 0.05) is 31.7 Å². The molecular weight excluding hydrogens is 370 g/mol. The van der Waals surface area contributed by atoms with Crippen LogP contribution in [0.4, 0.5) is 11.9 Å². The number of nitrogen functional groups attached to an aromatic ring is 1. The fourth-order valence-electron chi connectivity index (χ4n) is 3.78. The molecule has 0 atom stereocenters. The molecule has 1 saturated heterocycles. The van der Waals surface area contributed by atoms with Crippen molar-refractivity contribution in [2.45, 2.75) is 13.8 Å². The Labute approximate surface area is 170 Å². The summed E-state index contributed by atoms with van der Waals surface area (Å²) in [7, 11) is 3.25. The summed E-state index contributed by atoms with van der Waals surface area (Å²) in [6.45, 7) is 8.92. The molecule has 0 bridgehead atoms. The lowest BCUT2D eigenvalue weighted by atomic mass is 10.1. The van der Waals surface area contributed by atoms with Crippen molar-refractivity contribution in [2.24, 2.45) is 0 Å². The van der Waals surface area contributed by atoms with E-state index in [-0.39, 0.29) is 0 Å². The lowest BCUT2D eigenvalue weighted by molar-refractivity contribution is 0.270. The van der Waals surface area contributed by atoms with Crippen LogP contribution in [-0.4, -0.2) is 71.4 Å². The average molecular weight is 397 g/mol. The molecule has 1 aliphatic heterocycles. The minimum atomic E-state index is 0.331. The molecule has 0 saturated carbocycles. The van der Waals surface area contributed by atoms with Gasteiger partial charge in [0.1, 0.15) is 0 Å². The van der Waals surface area contributed by atoms with Gasteiger partial charge < -0.3 is 25.0 Å². The highest BCUT2D eigenvalue weighted by Gasteiger charge is 2.22. The highest BCUT2D eigenvalue weighted by Crippen LogP contribution is 2.35. The van der Waals surface area contributed by atoms with Gasteiger partial charge in [0.05, 0.1) is 19.9 Å². The van der Waals surface area contributed by atoms with Crippen molar-refractivity contribution in [3.8, 4) is 22.6 Å². The van der Waals surface area contributed by atoms with Gasteiger partial charge in [0.25, 0.3) is 0 Å². The summed E-state index contributed by atoms with van der Waals surface area (Å²) in [6, 6.07) is 5.79. The Morgan fingerprint density at radius 2 is 1.76 bits per heavy atom. The highest BCUT2D eigenvalue weighted by molar-refractivity contribution is 5.82. The number of benzene rings is 1. The van der Waals surface area contributed by atoms with E-state index in [0.29, 0.717) is 29.0 Å². The molecule has 2 aromatic heterocycles. The Hall–Kier alpha value is -3.07. The largest absolute Gasteiger partial charge is 0.493 e. The summed E-state index contributed by atoms with van der Waals surface area (Å²) < 4.78 is 12.4. The average Bonchev–Trinajstić information content (AvgIpc) is 3.09. The monoisotopic (exact) mass is 397 g/mol. The minimum Gasteiger partial charge on any atom is -0.493 e. The zero-order valence-electron chi connectivity index (χ0n) is 17.3. The van der Waals surface area contributed by atoms with Gasteiger partial charge in [-0.3, -0.25) is 0 Å². The minimum absolute atomic E-state index is 0.331. The predicted octanol–water partition coefficient (Wildman–Crippen LogP) is 1.84. The van der Waals surface area contributed by atoms with Crippen molar-refractivity contribution in [3.63, 3.8) is 0 Å². The van der Waals surface area contributed by atoms with Gasteiger partial charge >= 0.3 is 0 Å². The molecule has 29 heavy (non-hydrogen) atoms. The molecular formula is C20H27N7O2. The molecule has 1 aromatic carbocycles. The van der Waals surface area contributed by atoms with Crippen LogP contribution in [0.5, 0.6) is 11.5 Å². The Morgan fingerprint density at radius 1 is 1.03 bits per heavy atom. The summed E-state index contributed by atoms with van der Waals surface area (Å²) in [5.41, 5.74) is 9.61. The number of rotatable bonds is 5. The zero-order valence-corrected chi connectivity index (χ0v) is 17.3. The molecule has 154 valence electrons. The van der Waals surface area contributed by atoms with Crippen LogP contribution < -0.4 is 20.1 Å². The quantitative estimate of drug-likeness (QED) is 0.697. The third-order valence-electron chi connectivity index (χ3n) is 5.45. The molecule has 1 aliphatic rings. The van der Waals surface area contributed by atoms with E-state index in [4.69, 9.17) is 20.2 Å². The smallest absolute Gasteiger partial charge is 0.230 e. The fraction of sp³-hybridized carbons (Fsp3) is 0.450. The lowest BCUT2D eigenvalue weighted by Gasteiger charge is -2.34. The molecule has 0 aliphatic carbocycles. The van der Waals surface area contributed by atoms with E-state index in [9.17, 15) is 0 Å². The van der Waals surface area contributed by atoms with Crippen molar-refractivity contribution in [2.75, 3.05) is 57.6 Å². The van der Waals surface area contributed by atoms with Gasteiger partial charge in [-0.05, 0) is 31.2 Å². The van der Waals surface area contributed by atoms with Crippen molar-refractivity contribution < 1.29 is 9.47 Å². The molecule has 0 unspecified atom stereocenters. The molecule has 0 radical (unpaired) electrons. The van der Waals surface area contributed by atoms with Crippen LogP contribution in [0.3, 0.4) is 0 Å². The normalized spacial score (nSPS) is 15.1. The number of aromatic nitrogens is 4. The Bertz CT molecular complexity index is 1030. The van der Waals surface area contributed by atoms with Gasteiger partial charge in [-0.2, -0.15) is 19.6 Å². The number of piperazine rings is 1. The van der Waals surface area contributed by atoms with E-state index in [0.717, 1.165) is 49.5 Å². The number of anilines is 2. The predicted molar refractivity (Wildman–Crippen MR) is 113 cm³/mol. The second-order valence-electron chi connectivity index (χ2n) is 7.07. The second kappa shape index (κ2) is 7.75. The first-order chi connectivity index (χ1) is 14.0. The van der Waals surface area contributed by atoms with E-state index >= 15 is 0 Å². The van der Waals surface area contributed by atoms with Crippen molar-refractivity contribution in [1.82, 2.24) is 24.5 Å². The molecule has 4 rings (SSSR count). The standard InChI is InChI=1S/C20H27N7O2/c1-5-25-8-10-26(11-9-25)20-22-18-17(13(2)24-27(18)19(21)23-20)14-6-7-15(28-3)16(12-14)29-4/h6-7,12H,5,8-11H2,1-4H3,(H2,21,22,23). The number of hydrogen-bond donors (Lipinski definition) is 1. The van der Waals surface area contributed by atoms with Crippen LogP contribution in [0, 0.1) is 6.92 Å². The Morgan fingerprint density at radius 3 is 2.41 bits per heavy atom. The van der Waals surface area contributed by atoms with Crippen LogP contribution in [0.25, 0.3) is 16.8 Å². The molecule has 9 nitrogen and oxygen atoms in total. The molecule has 0 amide bonds. The topological polar surface area (TPSA) is 94.0 Å². The van der Waals surface area contributed by atoms with E-state index < -0.39 is 0 Å². The number of likely N-dealkylation sites (N-methyl/N-ethyl adjacent to an activating group) is 1. The molecule has 9 heteroatoms. The number of nitrogens with zero attached hydrogens (tertiary/aromatic N) is 6. The SMILES string of the molecule is CCN1CCN(c2nc(N)n3nc(C)c(-c4ccc(OC)c(OC)c4)c3n2)CC1. The number of methoxy groups -OCH3 is 2. The molecule has 1 fully saturated rings. The number of aryl methyl sites for hydroxylation is 1. The van der Waals surface area contributed by atoms with Crippen molar-refractivity contribution in [3.05, 3.63) is 23.9 Å². The van der Waals surface area contributed by atoms with E-state index in [1.807, 2.05) is 25.1 Å². The summed E-state index contributed by atoms with van der Waals surface area (Å²) in [5, 5.41) is 4.57. The number of ether oxygens (including phenoxy) is 2. The Balaban J connectivity index is 1.79. The van der Waals surface area contributed by atoms with E-state index in [2.05, 4.69) is 26.8 Å². The van der Waals surface area contributed by atoms with Crippen LogP contribution in [0.15, 0.2) is 18.2 Å². The Kier molecular flexibility index (Phi) is 5.14. The molecule has 0 spiro atoms. The van der Waals surface area contributed by atoms with Gasteiger partial charge in [-0.1, -0.05) is 13.0 Å². The lowest BCUT2D eigenvalue weighted by Crippen LogP contribution is -2.46. The first-order valence-electron chi connectivity index (χ1n) is 9.78. The maximum Gasteiger partial charge on any atom is 0.230 e. The zero-order chi connectivity index (χ0) is 20.5. The van der Waals surface area contributed by atoms with Gasteiger partial charge in [-0.25, -0.2) is 0 Å². The van der Waals surface area contributed by atoms with Crippen LogP contribution in [-0.2, 0) is 0 Å². The van der Waals surface area contributed by atoms with Gasteiger partial charge in [0.15, 0.2) is 17.1 Å². The van der Waals surface area contributed by atoms with Crippen molar-refractivity contribution in [1.29, 1.82) is 0 Å². The number of hydrogen-bond acceptors (Lipinski definition) is 8. The summed E-state index contributed by atoms with van der Waals surface area (Å²) in [6.07, 6.45) is 0. The fourth-order valence-corrected chi connectivity index (χ4v) is 3.78. The highest BCUT2D eigenvalue weighted by atomic mass is 16.5. The first kappa shape index (κ1) is 19.3. The van der Waals surface area contributed by atoms with Crippen LogP contribution in [0.2, 0.25) is 0 Å². The third kappa shape index (κ3) is 3.42. The summed E-state index contributed by atoms with van der Waals surface area (Å²) >= 11 is 0. The van der Waals surface area contributed by atoms with Crippen LogP contribution >= 0.6 is 0 Å². The maximum atomic E-state index is 6.25. The van der Waals surface area contributed by atoms with Gasteiger partial charge in [-0.15, -0.1) is 0 Å². The molecule has 3 aromatic rings. The summed E-state index contributed by atoms with van der Waals surface area (Å²) in [4.78, 5) is 14.0. The molecule has 3 heterocycles. The van der Waals surface area contributed by atoms with Gasteiger partial charge in [0.2, 0.25) is 11.9 Å². The third-order valence-corrected chi connectivity index (χ3v) is 5.45. The molecule has 2 N–H and O–H groups in total. The maximum absolute atomic E-state index is 6.25. The number of fused-ring (bicyclic) bond motifs is 1. The number of nitrogens with two attached hydrogens (primary N) is 1. The second-order valence-corrected chi connectivity index (χ2v) is 7.07. The van der Waals surface area contributed by atoms with E-state index in [1.54, 1.807) is 18.7 Å². The van der Waals surface area contributed by atoms with Crippen molar-refractivity contribution >= 4 is 17.5 Å². The first-order valence-corrected chi connectivity index (χ1v) is 9.78.